The van der Waals surface area contributed by atoms with E-state index in [1.165, 1.54) is 6.42 Å². The van der Waals surface area contributed by atoms with Gasteiger partial charge in [-0.05, 0) is 25.0 Å². The molecule has 84 valence electrons. The first-order valence-corrected chi connectivity index (χ1v) is 5.49. The van der Waals surface area contributed by atoms with Crippen molar-refractivity contribution in [3.05, 3.63) is 23.7 Å². The van der Waals surface area contributed by atoms with E-state index in [2.05, 4.69) is 10.1 Å². The fourth-order valence-electron chi connectivity index (χ4n) is 1.77. The molecular weight excluding hydrogens is 206 g/mol. The normalized spacial score (nSPS) is 16.3. The lowest BCUT2D eigenvalue weighted by molar-refractivity contribution is 0.362. The Balaban J connectivity index is 1.85. The summed E-state index contributed by atoms with van der Waals surface area (Å²) in [6, 6.07) is 3.63. The molecule has 2 aromatic heterocycles. The SMILES string of the molecule is NCc1ccc(-c2nc(C3CCC3)no2)o1. The molecule has 0 amide bonds. The number of hydrogen-bond donors (Lipinski definition) is 1. The highest BCUT2D eigenvalue weighted by atomic mass is 16.5. The zero-order chi connectivity index (χ0) is 11.0. The van der Waals surface area contributed by atoms with Gasteiger partial charge in [0, 0.05) is 5.92 Å². The van der Waals surface area contributed by atoms with E-state index in [9.17, 15) is 0 Å². The molecule has 1 aliphatic rings. The van der Waals surface area contributed by atoms with Gasteiger partial charge in [-0.25, -0.2) is 0 Å². The van der Waals surface area contributed by atoms with Crippen LogP contribution in [0, 0.1) is 0 Å². The van der Waals surface area contributed by atoms with Crippen molar-refractivity contribution in [2.75, 3.05) is 0 Å². The standard InChI is InChI=1S/C11H13N3O2/c12-6-8-4-5-9(15-8)11-13-10(14-16-11)7-2-1-3-7/h4-5,7H,1-3,6,12H2. The van der Waals surface area contributed by atoms with E-state index < -0.39 is 0 Å². The molecular formula is C11H13N3O2. The third kappa shape index (κ3) is 1.53. The van der Waals surface area contributed by atoms with Crippen molar-refractivity contribution in [1.82, 2.24) is 10.1 Å². The van der Waals surface area contributed by atoms with Crippen LogP contribution < -0.4 is 5.73 Å². The molecule has 2 aromatic rings. The molecule has 0 aliphatic heterocycles. The fourth-order valence-corrected chi connectivity index (χ4v) is 1.77. The van der Waals surface area contributed by atoms with Crippen LogP contribution in [-0.4, -0.2) is 10.1 Å². The minimum atomic E-state index is 0.379. The molecule has 1 aliphatic carbocycles. The second-order valence-electron chi connectivity index (χ2n) is 4.06. The van der Waals surface area contributed by atoms with Crippen molar-refractivity contribution in [3.8, 4) is 11.7 Å². The molecule has 0 spiro atoms. The van der Waals surface area contributed by atoms with Gasteiger partial charge >= 0.3 is 0 Å². The zero-order valence-electron chi connectivity index (χ0n) is 8.85. The van der Waals surface area contributed by atoms with Gasteiger partial charge in [-0.1, -0.05) is 11.6 Å². The quantitative estimate of drug-likeness (QED) is 0.854. The minimum absolute atomic E-state index is 0.379. The predicted octanol–water partition coefficient (Wildman–Crippen LogP) is 2.06. The van der Waals surface area contributed by atoms with E-state index in [1.54, 1.807) is 6.07 Å². The molecule has 0 bridgehead atoms. The van der Waals surface area contributed by atoms with Crippen LogP contribution in [-0.2, 0) is 6.54 Å². The molecule has 1 fully saturated rings. The summed E-state index contributed by atoms with van der Waals surface area (Å²) in [6.07, 6.45) is 3.57. The van der Waals surface area contributed by atoms with Crippen LogP contribution >= 0.6 is 0 Å². The highest BCUT2D eigenvalue weighted by Crippen LogP contribution is 2.35. The van der Waals surface area contributed by atoms with Crippen LogP contribution in [0.15, 0.2) is 21.1 Å². The average Bonchev–Trinajstić information content (AvgIpc) is 2.81. The summed E-state index contributed by atoms with van der Waals surface area (Å²) >= 11 is 0. The van der Waals surface area contributed by atoms with E-state index in [0.717, 1.165) is 24.4 Å². The van der Waals surface area contributed by atoms with Gasteiger partial charge in [0.25, 0.3) is 5.89 Å². The average molecular weight is 219 g/mol. The first-order chi connectivity index (χ1) is 7.86. The van der Waals surface area contributed by atoms with Crippen molar-refractivity contribution in [2.45, 2.75) is 31.7 Å². The second-order valence-corrected chi connectivity index (χ2v) is 4.06. The Hall–Kier alpha value is -1.62. The summed E-state index contributed by atoms with van der Waals surface area (Å²) in [4.78, 5) is 4.34. The second kappa shape index (κ2) is 3.75. The van der Waals surface area contributed by atoms with Crippen molar-refractivity contribution in [3.63, 3.8) is 0 Å². The van der Waals surface area contributed by atoms with Gasteiger partial charge in [0.2, 0.25) is 0 Å². The van der Waals surface area contributed by atoms with Crippen LogP contribution in [0.1, 0.15) is 36.8 Å². The predicted molar refractivity (Wildman–Crippen MR) is 56.5 cm³/mol. The summed E-state index contributed by atoms with van der Waals surface area (Å²) in [7, 11) is 0. The van der Waals surface area contributed by atoms with Crippen LogP contribution in [0.2, 0.25) is 0 Å². The zero-order valence-corrected chi connectivity index (χ0v) is 8.85. The van der Waals surface area contributed by atoms with Gasteiger partial charge < -0.3 is 14.7 Å². The first kappa shape index (κ1) is 9.59. The van der Waals surface area contributed by atoms with Gasteiger partial charge in [-0.15, -0.1) is 0 Å². The molecule has 5 heteroatoms. The summed E-state index contributed by atoms with van der Waals surface area (Å²) in [5.41, 5.74) is 5.46. The Morgan fingerprint density at radius 3 is 2.88 bits per heavy atom. The third-order valence-corrected chi connectivity index (χ3v) is 2.99. The molecule has 5 nitrogen and oxygen atoms in total. The number of furan rings is 1. The van der Waals surface area contributed by atoms with Crippen LogP contribution in [0.4, 0.5) is 0 Å². The van der Waals surface area contributed by atoms with E-state index >= 15 is 0 Å². The number of nitrogens with zero attached hydrogens (tertiary/aromatic N) is 2. The summed E-state index contributed by atoms with van der Waals surface area (Å²) < 4.78 is 10.6. The molecule has 0 unspecified atom stereocenters. The van der Waals surface area contributed by atoms with Crippen LogP contribution in [0.25, 0.3) is 11.7 Å². The number of aromatic nitrogens is 2. The topological polar surface area (TPSA) is 78.1 Å². The molecule has 2 N–H and O–H groups in total. The van der Waals surface area contributed by atoms with E-state index in [0.29, 0.717) is 24.1 Å². The molecule has 0 aromatic carbocycles. The highest BCUT2D eigenvalue weighted by molar-refractivity contribution is 5.44. The smallest absolute Gasteiger partial charge is 0.293 e. The van der Waals surface area contributed by atoms with Crippen LogP contribution in [0.5, 0.6) is 0 Å². The summed E-state index contributed by atoms with van der Waals surface area (Å²) in [5, 5.41) is 3.97. The molecule has 3 rings (SSSR count). The minimum Gasteiger partial charge on any atom is -0.455 e. The number of nitrogens with two attached hydrogens (primary N) is 1. The summed E-state index contributed by atoms with van der Waals surface area (Å²) in [6.45, 7) is 0.379. The van der Waals surface area contributed by atoms with Gasteiger partial charge in [-0.3, -0.25) is 0 Å². The van der Waals surface area contributed by atoms with E-state index in [4.69, 9.17) is 14.7 Å². The Morgan fingerprint density at radius 2 is 2.25 bits per heavy atom. The maximum absolute atomic E-state index is 5.46. The Labute approximate surface area is 92.6 Å². The molecule has 0 radical (unpaired) electrons. The highest BCUT2D eigenvalue weighted by Gasteiger charge is 2.25. The van der Waals surface area contributed by atoms with Gasteiger partial charge in [-0.2, -0.15) is 4.98 Å². The van der Waals surface area contributed by atoms with E-state index in [-0.39, 0.29) is 0 Å². The lowest BCUT2D eigenvalue weighted by Crippen LogP contribution is -2.10. The largest absolute Gasteiger partial charge is 0.455 e. The first-order valence-electron chi connectivity index (χ1n) is 5.49. The molecule has 0 atom stereocenters. The number of rotatable bonds is 3. The molecule has 16 heavy (non-hydrogen) atoms. The van der Waals surface area contributed by atoms with Crippen LogP contribution in [0.3, 0.4) is 0 Å². The van der Waals surface area contributed by atoms with Crippen molar-refractivity contribution < 1.29 is 8.94 Å². The Bertz CT molecular complexity index is 485. The fraction of sp³-hybridized carbons (Fsp3) is 0.455. The third-order valence-electron chi connectivity index (χ3n) is 2.99. The molecule has 2 heterocycles. The summed E-state index contributed by atoms with van der Waals surface area (Å²) in [5.74, 6) is 3.03. The molecule has 0 saturated heterocycles. The van der Waals surface area contributed by atoms with Gasteiger partial charge in [0.1, 0.15) is 5.76 Å². The Morgan fingerprint density at radius 1 is 1.38 bits per heavy atom. The van der Waals surface area contributed by atoms with Gasteiger partial charge in [0.15, 0.2) is 11.6 Å². The number of hydrogen-bond acceptors (Lipinski definition) is 5. The van der Waals surface area contributed by atoms with Crippen molar-refractivity contribution in [2.24, 2.45) is 5.73 Å². The van der Waals surface area contributed by atoms with Crippen molar-refractivity contribution in [1.29, 1.82) is 0 Å². The lowest BCUT2D eigenvalue weighted by Gasteiger charge is -2.20. The van der Waals surface area contributed by atoms with Gasteiger partial charge in [0.05, 0.1) is 6.54 Å². The molecule has 1 saturated carbocycles. The Kier molecular flexibility index (Phi) is 2.25. The van der Waals surface area contributed by atoms with E-state index in [1.807, 2.05) is 6.07 Å². The van der Waals surface area contributed by atoms with Crippen molar-refractivity contribution >= 4 is 0 Å². The monoisotopic (exact) mass is 219 g/mol. The maximum Gasteiger partial charge on any atom is 0.293 e. The maximum atomic E-state index is 5.46. The lowest BCUT2D eigenvalue weighted by atomic mass is 9.85.